The van der Waals surface area contributed by atoms with Gasteiger partial charge in [0.2, 0.25) is 0 Å². The minimum absolute atomic E-state index is 0.469. The van der Waals surface area contributed by atoms with Crippen molar-refractivity contribution in [3.8, 4) is 6.07 Å². The van der Waals surface area contributed by atoms with Gasteiger partial charge in [0.25, 0.3) is 0 Å². The summed E-state index contributed by atoms with van der Waals surface area (Å²) >= 11 is 13.0. The predicted octanol–water partition coefficient (Wildman–Crippen LogP) is 4.37. The maximum absolute atomic E-state index is 8.99. The molecule has 0 amide bonds. The third-order valence-corrected chi connectivity index (χ3v) is 3.74. The molecule has 3 nitrogen and oxygen atoms in total. The van der Waals surface area contributed by atoms with Gasteiger partial charge in [-0.3, -0.25) is 0 Å². The molecule has 0 unspecified atom stereocenters. The Morgan fingerprint density at radius 1 is 1.35 bits per heavy atom. The van der Waals surface area contributed by atoms with E-state index in [1.165, 1.54) is 11.5 Å². The summed E-state index contributed by atoms with van der Waals surface area (Å²) < 4.78 is 4.12. The van der Waals surface area contributed by atoms with Crippen molar-refractivity contribution in [3.63, 3.8) is 0 Å². The molecule has 0 aliphatic carbocycles. The summed E-state index contributed by atoms with van der Waals surface area (Å²) in [5, 5.41) is 13.8. The third kappa shape index (κ3) is 2.52. The van der Waals surface area contributed by atoms with Crippen LogP contribution >= 0.6 is 34.7 Å². The van der Waals surface area contributed by atoms with Crippen molar-refractivity contribution in [2.24, 2.45) is 0 Å². The first kappa shape index (κ1) is 12.2. The molecule has 0 aliphatic heterocycles. The van der Waals surface area contributed by atoms with Crippen molar-refractivity contribution in [3.05, 3.63) is 39.5 Å². The van der Waals surface area contributed by atoms with Gasteiger partial charge in [-0.2, -0.15) is 9.64 Å². The maximum atomic E-state index is 8.99. The average Bonchev–Trinajstić information content (AvgIpc) is 2.64. The molecule has 0 spiro atoms. The normalized spacial score (nSPS) is 10.0. The number of hydrogen-bond acceptors (Lipinski definition) is 4. The lowest BCUT2D eigenvalue weighted by atomic mass is 10.2. The molecular weight excluding hydrogens is 277 g/mol. The largest absolute Gasteiger partial charge is 0.345 e. The van der Waals surface area contributed by atoms with Crippen LogP contribution in [0.15, 0.2) is 18.2 Å². The molecule has 6 heteroatoms. The van der Waals surface area contributed by atoms with Gasteiger partial charge in [0.05, 0.1) is 15.7 Å². The highest BCUT2D eigenvalue weighted by molar-refractivity contribution is 7.10. The van der Waals surface area contributed by atoms with Crippen molar-refractivity contribution in [2.75, 3.05) is 5.32 Å². The molecule has 0 bridgehead atoms. The molecule has 0 aliphatic rings. The summed E-state index contributed by atoms with van der Waals surface area (Å²) in [6.07, 6.45) is 0. The van der Waals surface area contributed by atoms with Crippen LogP contribution in [0.25, 0.3) is 0 Å². The van der Waals surface area contributed by atoms with Gasteiger partial charge in [0.1, 0.15) is 16.6 Å². The van der Waals surface area contributed by atoms with E-state index in [1.807, 2.05) is 0 Å². The second-order valence-corrected chi connectivity index (χ2v) is 4.93. The highest BCUT2D eigenvalue weighted by Crippen LogP contribution is 2.30. The van der Waals surface area contributed by atoms with Crippen molar-refractivity contribution >= 4 is 45.4 Å². The summed E-state index contributed by atoms with van der Waals surface area (Å²) in [4.78, 5) is 0. The predicted molar refractivity (Wildman–Crippen MR) is 71.3 cm³/mol. The fraction of sp³-hybridized carbons (Fsp3) is 0.0909. The van der Waals surface area contributed by atoms with Gasteiger partial charge in [0, 0.05) is 5.69 Å². The monoisotopic (exact) mass is 283 g/mol. The Bertz CT molecular complexity index is 601. The first-order valence-electron chi connectivity index (χ1n) is 4.70. The van der Waals surface area contributed by atoms with E-state index in [4.69, 9.17) is 28.5 Å². The Labute approximate surface area is 113 Å². The van der Waals surface area contributed by atoms with Crippen LogP contribution in [0.5, 0.6) is 0 Å². The summed E-state index contributed by atoms with van der Waals surface area (Å²) in [6.45, 7) is 1.80. The zero-order valence-corrected chi connectivity index (χ0v) is 11.1. The molecule has 2 rings (SSSR count). The van der Waals surface area contributed by atoms with Crippen LogP contribution in [-0.4, -0.2) is 4.37 Å². The number of rotatable bonds is 2. The molecular formula is C11H7Cl2N3S. The number of nitrogens with zero attached hydrogens (tertiary/aromatic N) is 2. The number of nitrogens with one attached hydrogen (secondary N) is 1. The topological polar surface area (TPSA) is 48.7 Å². The molecule has 86 valence electrons. The van der Waals surface area contributed by atoms with Crippen LogP contribution in [0.4, 0.5) is 10.7 Å². The standard InChI is InChI=1S/C11H7Cl2N3S/c1-6-8(5-14)11(17-16-6)15-7-2-3-9(12)10(13)4-7/h2-4,15H,1H3. The number of anilines is 2. The fourth-order valence-corrected chi connectivity index (χ4v) is 2.36. The van der Waals surface area contributed by atoms with Crippen molar-refractivity contribution in [1.82, 2.24) is 4.37 Å². The smallest absolute Gasteiger partial charge is 0.132 e. The van der Waals surface area contributed by atoms with Crippen LogP contribution in [0.1, 0.15) is 11.3 Å². The van der Waals surface area contributed by atoms with Gasteiger partial charge in [-0.25, -0.2) is 0 Å². The summed E-state index contributed by atoms with van der Waals surface area (Å²) in [6, 6.07) is 7.32. The number of halogens is 2. The third-order valence-electron chi connectivity index (χ3n) is 2.15. The van der Waals surface area contributed by atoms with Gasteiger partial charge in [-0.1, -0.05) is 23.2 Å². The van der Waals surface area contributed by atoms with E-state index < -0.39 is 0 Å². The summed E-state index contributed by atoms with van der Waals surface area (Å²) in [7, 11) is 0. The van der Waals surface area contributed by atoms with Gasteiger partial charge >= 0.3 is 0 Å². The molecule has 1 N–H and O–H groups in total. The van der Waals surface area contributed by atoms with Gasteiger partial charge < -0.3 is 5.32 Å². The minimum Gasteiger partial charge on any atom is -0.345 e. The number of hydrogen-bond donors (Lipinski definition) is 1. The van der Waals surface area contributed by atoms with E-state index in [9.17, 15) is 0 Å². The average molecular weight is 284 g/mol. The van der Waals surface area contributed by atoms with Crippen LogP contribution in [0.2, 0.25) is 10.0 Å². The molecule has 1 aromatic carbocycles. The molecule has 0 saturated heterocycles. The molecule has 0 fully saturated rings. The van der Waals surface area contributed by atoms with Gasteiger partial charge in [0.15, 0.2) is 0 Å². The number of aromatic nitrogens is 1. The van der Waals surface area contributed by atoms with E-state index in [2.05, 4.69) is 15.8 Å². The zero-order chi connectivity index (χ0) is 12.4. The quantitative estimate of drug-likeness (QED) is 0.890. The van der Waals surface area contributed by atoms with Crippen molar-refractivity contribution < 1.29 is 0 Å². The number of aryl methyl sites for hydroxylation is 1. The Hall–Kier alpha value is -1.28. The van der Waals surface area contributed by atoms with E-state index in [0.29, 0.717) is 20.6 Å². The Kier molecular flexibility index (Phi) is 3.53. The molecule has 1 heterocycles. The van der Waals surface area contributed by atoms with E-state index in [0.717, 1.165) is 11.4 Å². The summed E-state index contributed by atoms with van der Waals surface area (Å²) in [5.74, 6) is 0. The van der Waals surface area contributed by atoms with Gasteiger partial charge in [-0.15, -0.1) is 0 Å². The van der Waals surface area contributed by atoms with E-state index in [-0.39, 0.29) is 0 Å². The molecule has 0 radical (unpaired) electrons. The van der Waals surface area contributed by atoms with Gasteiger partial charge in [-0.05, 0) is 36.7 Å². The lowest BCUT2D eigenvalue weighted by Crippen LogP contribution is -1.90. The lowest BCUT2D eigenvalue weighted by Gasteiger charge is -2.04. The molecule has 0 saturated carbocycles. The highest BCUT2D eigenvalue weighted by Gasteiger charge is 2.10. The highest BCUT2D eigenvalue weighted by atomic mass is 35.5. The van der Waals surface area contributed by atoms with Crippen molar-refractivity contribution in [2.45, 2.75) is 6.92 Å². The Morgan fingerprint density at radius 2 is 2.12 bits per heavy atom. The Morgan fingerprint density at radius 3 is 2.76 bits per heavy atom. The van der Waals surface area contributed by atoms with Crippen LogP contribution < -0.4 is 5.32 Å². The Balaban J connectivity index is 2.32. The number of nitriles is 1. The molecule has 17 heavy (non-hydrogen) atoms. The molecule has 2 aromatic rings. The molecule has 0 atom stereocenters. The zero-order valence-electron chi connectivity index (χ0n) is 8.79. The SMILES string of the molecule is Cc1nsc(Nc2ccc(Cl)c(Cl)c2)c1C#N. The second-order valence-electron chi connectivity index (χ2n) is 3.34. The second kappa shape index (κ2) is 4.92. The van der Waals surface area contributed by atoms with Crippen molar-refractivity contribution in [1.29, 1.82) is 5.26 Å². The van der Waals surface area contributed by atoms with Crippen LogP contribution in [0, 0.1) is 18.3 Å². The van der Waals surface area contributed by atoms with Crippen LogP contribution in [-0.2, 0) is 0 Å². The number of benzene rings is 1. The first-order chi connectivity index (χ1) is 8.11. The van der Waals surface area contributed by atoms with Crippen LogP contribution in [0.3, 0.4) is 0 Å². The molecule has 1 aromatic heterocycles. The fourth-order valence-electron chi connectivity index (χ4n) is 1.29. The maximum Gasteiger partial charge on any atom is 0.132 e. The van der Waals surface area contributed by atoms with E-state index >= 15 is 0 Å². The summed E-state index contributed by atoms with van der Waals surface area (Å²) in [5.41, 5.74) is 2.06. The van der Waals surface area contributed by atoms with E-state index in [1.54, 1.807) is 25.1 Å². The first-order valence-corrected chi connectivity index (χ1v) is 6.23. The minimum atomic E-state index is 0.469. The lowest BCUT2D eigenvalue weighted by molar-refractivity contribution is 1.31.